The third-order valence-electron chi connectivity index (χ3n) is 3.29. The van der Waals surface area contributed by atoms with E-state index < -0.39 is 40.9 Å². The number of carbonyl (C=O) groups excluding carboxylic acids is 1. The summed E-state index contributed by atoms with van der Waals surface area (Å²) >= 11 is 0. The van der Waals surface area contributed by atoms with Crippen molar-refractivity contribution in [2.45, 2.75) is 26.1 Å². The summed E-state index contributed by atoms with van der Waals surface area (Å²) in [7, 11) is 0. The number of hydrogen-bond acceptors (Lipinski definition) is 3. The molecule has 5 nitrogen and oxygen atoms in total. The van der Waals surface area contributed by atoms with E-state index in [0.29, 0.717) is 12.1 Å². The van der Waals surface area contributed by atoms with Crippen LogP contribution in [0.2, 0.25) is 0 Å². The van der Waals surface area contributed by atoms with Gasteiger partial charge in [-0.3, -0.25) is 9.59 Å². The summed E-state index contributed by atoms with van der Waals surface area (Å²) in [6.45, 7) is 2.77. The van der Waals surface area contributed by atoms with Crippen molar-refractivity contribution in [3.63, 3.8) is 0 Å². The molecule has 0 radical (unpaired) electrons. The molecule has 1 atom stereocenters. The van der Waals surface area contributed by atoms with E-state index in [-0.39, 0.29) is 17.1 Å². The Balaban J connectivity index is 2.28. The number of rotatable bonds is 3. The SMILES string of the molecule is Cc1nc(C(=O)N[C@H](C)c2cc(F)c(C(F)(F)F)c(F)c2)cc(=O)[nH]1. The number of amides is 1. The van der Waals surface area contributed by atoms with Crippen molar-refractivity contribution in [3.8, 4) is 0 Å². The molecule has 2 aromatic rings. The van der Waals surface area contributed by atoms with Gasteiger partial charge in [-0.25, -0.2) is 13.8 Å². The zero-order valence-electron chi connectivity index (χ0n) is 13.0. The number of benzene rings is 1. The Kier molecular flexibility index (Phi) is 4.91. The van der Waals surface area contributed by atoms with Gasteiger partial charge in [0, 0.05) is 6.07 Å². The highest BCUT2D eigenvalue weighted by Gasteiger charge is 2.38. The molecule has 0 aliphatic rings. The van der Waals surface area contributed by atoms with Crippen LogP contribution in [0.25, 0.3) is 0 Å². The number of aryl methyl sites for hydroxylation is 1. The van der Waals surface area contributed by atoms with Crippen LogP contribution < -0.4 is 10.9 Å². The Labute approximate surface area is 137 Å². The maximum atomic E-state index is 13.6. The normalized spacial score (nSPS) is 12.8. The summed E-state index contributed by atoms with van der Waals surface area (Å²) in [4.78, 5) is 29.5. The second-order valence-corrected chi connectivity index (χ2v) is 5.27. The van der Waals surface area contributed by atoms with Crippen LogP contribution in [0.4, 0.5) is 22.0 Å². The third-order valence-corrected chi connectivity index (χ3v) is 3.29. The van der Waals surface area contributed by atoms with Gasteiger partial charge in [0.25, 0.3) is 11.5 Å². The average Bonchev–Trinajstić information content (AvgIpc) is 2.43. The van der Waals surface area contributed by atoms with Crippen LogP contribution >= 0.6 is 0 Å². The predicted molar refractivity (Wildman–Crippen MR) is 76.8 cm³/mol. The fourth-order valence-corrected chi connectivity index (χ4v) is 2.16. The lowest BCUT2D eigenvalue weighted by Gasteiger charge is -2.16. The lowest BCUT2D eigenvalue weighted by atomic mass is 10.0. The molecule has 134 valence electrons. The first kappa shape index (κ1) is 18.6. The number of aromatic amines is 1. The van der Waals surface area contributed by atoms with Crippen molar-refractivity contribution in [1.29, 1.82) is 0 Å². The number of aromatic nitrogens is 2. The van der Waals surface area contributed by atoms with Gasteiger partial charge < -0.3 is 10.3 Å². The van der Waals surface area contributed by atoms with Crippen molar-refractivity contribution >= 4 is 5.91 Å². The Bertz CT molecular complexity index is 853. The van der Waals surface area contributed by atoms with Crippen molar-refractivity contribution in [2.75, 3.05) is 0 Å². The number of alkyl halides is 3. The topological polar surface area (TPSA) is 74.8 Å². The minimum Gasteiger partial charge on any atom is -0.344 e. The predicted octanol–water partition coefficient (Wildman–Crippen LogP) is 2.87. The molecule has 1 amide bonds. The van der Waals surface area contributed by atoms with Crippen LogP contribution in [0.1, 0.15) is 40.4 Å². The first-order valence-electron chi connectivity index (χ1n) is 6.94. The van der Waals surface area contributed by atoms with Gasteiger partial charge >= 0.3 is 6.18 Å². The quantitative estimate of drug-likeness (QED) is 0.826. The molecular formula is C15H12F5N3O2. The lowest BCUT2D eigenvalue weighted by Crippen LogP contribution is -2.29. The van der Waals surface area contributed by atoms with Crippen molar-refractivity contribution in [3.05, 3.63) is 62.8 Å². The third kappa shape index (κ3) is 4.20. The molecule has 0 saturated heterocycles. The molecule has 0 spiro atoms. The van der Waals surface area contributed by atoms with Gasteiger partial charge in [0.15, 0.2) is 0 Å². The minimum absolute atomic E-state index is 0.178. The van der Waals surface area contributed by atoms with Crippen molar-refractivity contribution in [2.24, 2.45) is 0 Å². The summed E-state index contributed by atoms with van der Waals surface area (Å²) in [6.07, 6.45) is -5.17. The van der Waals surface area contributed by atoms with E-state index in [4.69, 9.17) is 0 Å². The number of nitrogens with one attached hydrogen (secondary N) is 2. The molecule has 0 saturated carbocycles. The Morgan fingerprint density at radius 2 is 1.76 bits per heavy atom. The second kappa shape index (κ2) is 6.61. The molecular weight excluding hydrogens is 349 g/mol. The summed E-state index contributed by atoms with van der Waals surface area (Å²) in [5.74, 6) is -4.21. The van der Waals surface area contributed by atoms with Gasteiger partial charge in [0.05, 0.1) is 6.04 Å². The first-order chi connectivity index (χ1) is 11.5. The molecule has 1 aromatic heterocycles. The van der Waals surface area contributed by atoms with Gasteiger partial charge in [0.1, 0.15) is 28.7 Å². The van der Waals surface area contributed by atoms with Gasteiger partial charge in [-0.1, -0.05) is 0 Å². The molecule has 2 rings (SSSR count). The van der Waals surface area contributed by atoms with E-state index in [1.54, 1.807) is 0 Å². The maximum absolute atomic E-state index is 13.6. The molecule has 1 heterocycles. The molecule has 0 aliphatic heterocycles. The van der Waals surface area contributed by atoms with Crippen molar-refractivity contribution < 1.29 is 26.7 Å². The molecule has 1 aromatic carbocycles. The monoisotopic (exact) mass is 361 g/mol. The standard InChI is InChI=1S/C15H12F5N3O2/c1-6(21-14(25)11-5-12(24)23-7(2)22-11)8-3-9(16)13(10(17)4-8)15(18,19)20/h3-6H,1-2H3,(H,21,25)(H,22,23,24)/t6-/m1/s1. The van der Waals surface area contributed by atoms with Gasteiger partial charge in [0.2, 0.25) is 0 Å². The van der Waals surface area contributed by atoms with Gasteiger partial charge in [-0.15, -0.1) is 0 Å². The fraction of sp³-hybridized carbons (Fsp3) is 0.267. The van der Waals surface area contributed by atoms with Gasteiger partial charge in [-0.2, -0.15) is 13.2 Å². The van der Waals surface area contributed by atoms with Crippen LogP contribution in [0.3, 0.4) is 0 Å². The number of nitrogens with zero attached hydrogens (tertiary/aromatic N) is 1. The molecule has 0 unspecified atom stereocenters. The van der Waals surface area contributed by atoms with E-state index in [1.807, 2.05) is 0 Å². The Morgan fingerprint density at radius 1 is 1.20 bits per heavy atom. The lowest BCUT2D eigenvalue weighted by molar-refractivity contribution is -0.142. The number of carbonyl (C=O) groups is 1. The van der Waals surface area contributed by atoms with Crippen LogP contribution in [-0.2, 0) is 6.18 Å². The van der Waals surface area contributed by atoms with Crippen LogP contribution in [0, 0.1) is 18.6 Å². The molecule has 0 bridgehead atoms. The molecule has 2 N–H and O–H groups in total. The van der Waals surface area contributed by atoms with E-state index >= 15 is 0 Å². The Hall–Kier alpha value is -2.78. The van der Waals surface area contributed by atoms with Crippen LogP contribution in [-0.4, -0.2) is 15.9 Å². The maximum Gasteiger partial charge on any atom is 0.422 e. The van der Waals surface area contributed by atoms with Crippen molar-refractivity contribution in [1.82, 2.24) is 15.3 Å². The fourth-order valence-electron chi connectivity index (χ4n) is 2.16. The number of H-pyrrole nitrogens is 1. The van der Waals surface area contributed by atoms with E-state index in [2.05, 4.69) is 15.3 Å². The summed E-state index contributed by atoms with van der Waals surface area (Å²) in [5, 5.41) is 2.31. The van der Waals surface area contributed by atoms with E-state index in [1.165, 1.54) is 13.8 Å². The molecule has 0 fully saturated rings. The van der Waals surface area contributed by atoms with E-state index in [9.17, 15) is 31.5 Å². The minimum atomic E-state index is -5.17. The average molecular weight is 361 g/mol. The Morgan fingerprint density at radius 3 is 2.24 bits per heavy atom. The molecule has 25 heavy (non-hydrogen) atoms. The smallest absolute Gasteiger partial charge is 0.344 e. The first-order valence-corrected chi connectivity index (χ1v) is 6.94. The highest BCUT2D eigenvalue weighted by Crippen LogP contribution is 2.34. The molecule has 0 aliphatic carbocycles. The molecule has 10 heteroatoms. The summed E-state index contributed by atoms with van der Waals surface area (Å²) in [6, 6.07) is 0.879. The largest absolute Gasteiger partial charge is 0.422 e. The van der Waals surface area contributed by atoms with Crippen LogP contribution in [0.5, 0.6) is 0 Å². The summed E-state index contributed by atoms with van der Waals surface area (Å²) in [5.41, 5.74) is -3.02. The van der Waals surface area contributed by atoms with Gasteiger partial charge in [-0.05, 0) is 31.5 Å². The number of halogens is 5. The highest BCUT2D eigenvalue weighted by atomic mass is 19.4. The van der Waals surface area contributed by atoms with Crippen LogP contribution in [0.15, 0.2) is 23.0 Å². The highest BCUT2D eigenvalue weighted by molar-refractivity contribution is 5.92. The zero-order chi connectivity index (χ0) is 18.9. The van der Waals surface area contributed by atoms with E-state index in [0.717, 1.165) is 6.07 Å². The second-order valence-electron chi connectivity index (χ2n) is 5.27. The summed E-state index contributed by atoms with van der Waals surface area (Å²) < 4.78 is 64.9. The zero-order valence-corrected chi connectivity index (χ0v) is 13.0. The number of hydrogen-bond donors (Lipinski definition) is 2.